The van der Waals surface area contributed by atoms with E-state index in [9.17, 15) is 4.79 Å². The van der Waals surface area contributed by atoms with E-state index in [1.54, 1.807) is 12.3 Å². The van der Waals surface area contributed by atoms with E-state index >= 15 is 0 Å². The molecule has 0 bridgehead atoms. The summed E-state index contributed by atoms with van der Waals surface area (Å²) in [4.78, 5) is 16.5. The number of aliphatic hydroxyl groups excluding tert-OH is 1. The van der Waals surface area contributed by atoms with Crippen LogP contribution in [0.5, 0.6) is 0 Å². The van der Waals surface area contributed by atoms with E-state index in [1.807, 2.05) is 38.1 Å². The molecule has 0 unspecified atom stereocenters. The van der Waals surface area contributed by atoms with Gasteiger partial charge in [-0.3, -0.25) is 9.78 Å². The average molecular weight is 280 g/mol. The number of pyridine rings is 1. The van der Waals surface area contributed by atoms with Gasteiger partial charge in [-0.05, 0) is 43.7 Å². The zero-order chi connectivity index (χ0) is 15.2. The molecule has 0 aliphatic rings. The largest absolute Gasteiger partial charge is 0.384 e. The summed E-state index contributed by atoms with van der Waals surface area (Å²) in [5.41, 5.74) is 3.66. The van der Waals surface area contributed by atoms with Crippen LogP contribution in [-0.4, -0.2) is 22.6 Å². The lowest BCUT2D eigenvalue weighted by Gasteiger charge is -2.08. The van der Waals surface area contributed by atoms with Crippen LogP contribution in [-0.2, 0) is 0 Å². The van der Waals surface area contributed by atoms with Crippen LogP contribution in [0.3, 0.4) is 0 Å². The van der Waals surface area contributed by atoms with Gasteiger partial charge in [0.1, 0.15) is 6.61 Å². The Morgan fingerprint density at radius 3 is 2.76 bits per heavy atom. The Bertz CT molecular complexity index is 710. The first-order chi connectivity index (χ1) is 10.1. The third kappa shape index (κ3) is 3.91. The number of hydrogen-bond acceptors (Lipinski definition) is 3. The van der Waals surface area contributed by atoms with E-state index in [-0.39, 0.29) is 12.5 Å². The van der Waals surface area contributed by atoms with E-state index in [0.717, 1.165) is 11.3 Å². The molecule has 1 heterocycles. The number of amides is 1. The summed E-state index contributed by atoms with van der Waals surface area (Å²) in [5, 5.41) is 11.5. The lowest BCUT2D eigenvalue weighted by atomic mass is 10.0. The van der Waals surface area contributed by atoms with E-state index < -0.39 is 0 Å². The Morgan fingerprint density at radius 1 is 1.29 bits per heavy atom. The molecule has 106 valence electrons. The third-order valence-electron chi connectivity index (χ3n) is 2.96. The number of aromatic nitrogens is 1. The molecule has 0 radical (unpaired) electrons. The standard InChI is InChI=1S/C17H16N2O2/c1-12-5-7-14(4-3-9-20)10-16(12)17(21)19-15-8-6-13(2)18-11-15/h5-8,10-11,20H,9H2,1-2H3,(H,19,21). The summed E-state index contributed by atoms with van der Waals surface area (Å²) in [5.74, 6) is 5.16. The molecule has 2 aromatic rings. The molecule has 4 nitrogen and oxygen atoms in total. The highest BCUT2D eigenvalue weighted by molar-refractivity contribution is 6.05. The molecule has 1 amide bonds. The van der Waals surface area contributed by atoms with Crippen molar-refractivity contribution in [3.05, 3.63) is 58.9 Å². The van der Waals surface area contributed by atoms with Crippen molar-refractivity contribution < 1.29 is 9.90 Å². The quantitative estimate of drug-likeness (QED) is 0.830. The maximum absolute atomic E-state index is 12.3. The Balaban J connectivity index is 2.23. The van der Waals surface area contributed by atoms with Crippen LogP contribution in [0.1, 0.15) is 27.2 Å². The number of nitrogens with one attached hydrogen (secondary N) is 1. The fourth-order valence-electron chi connectivity index (χ4n) is 1.83. The number of benzene rings is 1. The fourth-order valence-corrected chi connectivity index (χ4v) is 1.83. The van der Waals surface area contributed by atoms with Crippen molar-refractivity contribution in [1.82, 2.24) is 4.98 Å². The highest BCUT2D eigenvalue weighted by Crippen LogP contribution is 2.14. The molecule has 0 aliphatic heterocycles. The summed E-state index contributed by atoms with van der Waals surface area (Å²) in [6, 6.07) is 9.03. The first kappa shape index (κ1) is 14.8. The summed E-state index contributed by atoms with van der Waals surface area (Å²) in [6.07, 6.45) is 1.62. The average Bonchev–Trinajstić information content (AvgIpc) is 2.48. The van der Waals surface area contributed by atoms with Gasteiger partial charge in [0.15, 0.2) is 0 Å². The zero-order valence-electron chi connectivity index (χ0n) is 12.0. The second-order valence-electron chi connectivity index (χ2n) is 4.63. The predicted octanol–water partition coefficient (Wildman–Crippen LogP) is 2.29. The molecular formula is C17H16N2O2. The number of rotatable bonds is 2. The summed E-state index contributed by atoms with van der Waals surface area (Å²) >= 11 is 0. The van der Waals surface area contributed by atoms with Crippen LogP contribution >= 0.6 is 0 Å². The molecular weight excluding hydrogens is 264 g/mol. The Hall–Kier alpha value is -2.64. The molecule has 0 aliphatic carbocycles. The van der Waals surface area contributed by atoms with Gasteiger partial charge in [0.05, 0.1) is 11.9 Å². The van der Waals surface area contributed by atoms with Gasteiger partial charge >= 0.3 is 0 Å². The van der Waals surface area contributed by atoms with Gasteiger partial charge in [-0.1, -0.05) is 17.9 Å². The van der Waals surface area contributed by atoms with Crippen molar-refractivity contribution in [2.45, 2.75) is 13.8 Å². The van der Waals surface area contributed by atoms with Crippen LogP contribution < -0.4 is 5.32 Å². The highest BCUT2D eigenvalue weighted by Gasteiger charge is 2.10. The number of aryl methyl sites for hydroxylation is 2. The first-order valence-corrected chi connectivity index (χ1v) is 6.54. The second-order valence-corrected chi connectivity index (χ2v) is 4.63. The predicted molar refractivity (Wildman–Crippen MR) is 82.1 cm³/mol. The molecule has 21 heavy (non-hydrogen) atoms. The van der Waals surface area contributed by atoms with Crippen LogP contribution in [0.4, 0.5) is 5.69 Å². The van der Waals surface area contributed by atoms with E-state index in [2.05, 4.69) is 22.1 Å². The van der Waals surface area contributed by atoms with Crippen LogP contribution in [0, 0.1) is 25.7 Å². The SMILES string of the molecule is Cc1ccc(NC(=O)c2cc(C#CCO)ccc2C)cn1. The molecule has 0 atom stereocenters. The molecule has 2 rings (SSSR count). The minimum absolute atomic E-state index is 0.203. The van der Waals surface area contributed by atoms with Gasteiger partial charge in [0.25, 0.3) is 5.91 Å². The van der Waals surface area contributed by atoms with Crippen molar-refractivity contribution in [3.8, 4) is 11.8 Å². The molecule has 0 saturated heterocycles. The van der Waals surface area contributed by atoms with Gasteiger partial charge < -0.3 is 10.4 Å². The summed E-state index contributed by atoms with van der Waals surface area (Å²) in [7, 11) is 0. The monoisotopic (exact) mass is 280 g/mol. The molecule has 1 aromatic carbocycles. The number of carbonyl (C=O) groups is 1. The maximum atomic E-state index is 12.3. The minimum Gasteiger partial charge on any atom is -0.384 e. The summed E-state index contributed by atoms with van der Waals surface area (Å²) in [6.45, 7) is 3.55. The number of anilines is 1. The van der Waals surface area contributed by atoms with Gasteiger partial charge in [-0.25, -0.2) is 0 Å². The summed E-state index contributed by atoms with van der Waals surface area (Å²) < 4.78 is 0. The van der Waals surface area contributed by atoms with E-state index in [4.69, 9.17) is 5.11 Å². The molecule has 1 aromatic heterocycles. The van der Waals surface area contributed by atoms with Crippen molar-refractivity contribution in [3.63, 3.8) is 0 Å². The number of hydrogen-bond donors (Lipinski definition) is 2. The smallest absolute Gasteiger partial charge is 0.256 e. The van der Waals surface area contributed by atoms with E-state index in [1.165, 1.54) is 0 Å². The Labute approximate surface area is 123 Å². The lowest BCUT2D eigenvalue weighted by Crippen LogP contribution is -2.13. The Morgan fingerprint density at radius 2 is 2.10 bits per heavy atom. The minimum atomic E-state index is -0.204. The second kappa shape index (κ2) is 6.69. The molecule has 0 fully saturated rings. The van der Waals surface area contributed by atoms with Crippen molar-refractivity contribution in [2.75, 3.05) is 11.9 Å². The maximum Gasteiger partial charge on any atom is 0.256 e. The Kier molecular flexibility index (Phi) is 4.70. The van der Waals surface area contributed by atoms with Crippen molar-refractivity contribution in [1.29, 1.82) is 0 Å². The van der Waals surface area contributed by atoms with Crippen LogP contribution in [0.25, 0.3) is 0 Å². The topological polar surface area (TPSA) is 62.2 Å². The normalized spacial score (nSPS) is 9.67. The van der Waals surface area contributed by atoms with Gasteiger partial charge in [0, 0.05) is 16.8 Å². The van der Waals surface area contributed by atoms with Gasteiger partial charge in [-0.15, -0.1) is 0 Å². The fraction of sp³-hybridized carbons (Fsp3) is 0.176. The third-order valence-corrected chi connectivity index (χ3v) is 2.96. The van der Waals surface area contributed by atoms with Gasteiger partial charge in [0.2, 0.25) is 0 Å². The molecule has 0 spiro atoms. The van der Waals surface area contributed by atoms with Gasteiger partial charge in [-0.2, -0.15) is 0 Å². The highest BCUT2D eigenvalue weighted by atomic mass is 16.2. The zero-order valence-corrected chi connectivity index (χ0v) is 12.0. The van der Waals surface area contributed by atoms with Crippen molar-refractivity contribution in [2.24, 2.45) is 0 Å². The molecule has 4 heteroatoms. The molecule has 0 saturated carbocycles. The van der Waals surface area contributed by atoms with Crippen LogP contribution in [0.15, 0.2) is 36.5 Å². The van der Waals surface area contributed by atoms with Crippen molar-refractivity contribution >= 4 is 11.6 Å². The number of aliphatic hydroxyl groups is 1. The van der Waals surface area contributed by atoms with E-state index in [0.29, 0.717) is 16.8 Å². The molecule has 2 N–H and O–H groups in total. The lowest BCUT2D eigenvalue weighted by molar-refractivity contribution is 0.102. The van der Waals surface area contributed by atoms with Crippen LogP contribution in [0.2, 0.25) is 0 Å². The number of carbonyl (C=O) groups excluding carboxylic acids is 1. The first-order valence-electron chi connectivity index (χ1n) is 6.54. The number of nitrogens with zero attached hydrogens (tertiary/aromatic N) is 1.